The highest BCUT2D eigenvalue weighted by molar-refractivity contribution is 5.80. The van der Waals surface area contributed by atoms with Crippen LogP contribution in [0.5, 0.6) is 0 Å². The lowest BCUT2D eigenvalue weighted by Gasteiger charge is -2.19. The summed E-state index contributed by atoms with van der Waals surface area (Å²) >= 11 is 0. The summed E-state index contributed by atoms with van der Waals surface area (Å²) in [5, 5.41) is 6.85. The number of hydrogen-bond acceptors (Lipinski definition) is 6. The molecule has 2 heterocycles. The van der Waals surface area contributed by atoms with E-state index in [0.717, 1.165) is 59.5 Å². The molecule has 2 aromatic heterocycles. The summed E-state index contributed by atoms with van der Waals surface area (Å²) < 4.78 is 6.44. The van der Waals surface area contributed by atoms with Crippen molar-refractivity contribution < 1.29 is 9.32 Å². The third kappa shape index (κ3) is 6.14. The minimum atomic E-state index is -0.606. The summed E-state index contributed by atoms with van der Waals surface area (Å²) in [5.41, 5.74) is 4.60. The van der Waals surface area contributed by atoms with Crippen LogP contribution < -0.4 is 16.6 Å². The predicted octanol–water partition coefficient (Wildman–Crippen LogP) is 4.59. The van der Waals surface area contributed by atoms with Gasteiger partial charge >= 0.3 is 5.76 Å². The van der Waals surface area contributed by atoms with Gasteiger partial charge in [-0.3, -0.25) is 23.7 Å². The van der Waals surface area contributed by atoms with E-state index in [0.29, 0.717) is 24.4 Å². The molecule has 9 nitrogen and oxygen atoms in total. The van der Waals surface area contributed by atoms with Crippen LogP contribution in [0.2, 0.25) is 0 Å². The van der Waals surface area contributed by atoms with Gasteiger partial charge in [0.25, 0.3) is 5.56 Å². The fourth-order valence-electron chi connectivity index (χ4n) is 4.92. The molecule has 208 valence electrons. The van der Waals surface area contributed by atoms with Crippen LogP contribution in [-0.2, 0) is 24.2 Å². The molecule has 2 N–H and O–H groups in total. The Bertz CT molecular complexity index is 1610. The minimum Gasteiger partial charge on any atom is -0.353 e. The Kier molecular flexibility index (Phi) is 8.09. The maximum absolute atomic E-state index is 13.9. The Morgan fingerprint density at radius 2 is 1.82 bits per heavy atom. The molecule has 9 heteroatoms. The topological polar surface area (TPSA) is 123 Å². The lowest BCUT2D eigenvalue weighted by atomic mass is 9.98. The number of aromatic nitrogens is 4. The number of aromatic amines is 1. The van der Waals surface area contributed by atoms with Crippen molar-refractivity contribution in [2.24, 2.45) is 0 Å². The molecule has 40 heavy (non-hydrogen) atoms. The number of nitrogens with zero attached hydrogens (tertiary/aromatic N) is 3. The van der Waals surface area contributed by atoms with Gasteiger partial charge < -0.3 is 5.32 Å². The number of aryl methyl sites for hydroxylation is 1. The van der Waals surface area contributed by atoms with Crippen LogP contribution >= 0.6 is 0 Å². The molecule has 1 aliphatic rings. The molecule has 1 saturated carbocycles. The van der Waals surface area contributed by atoms with Gasteiger partial charge in [-0.2, -0.15) is 0 Å². The fraction of sp³-hybridized carbons (Fsp3) is 0.387. The second kappa shape index (κ2) is 11.9. The van der Waals surface area contributed by atoms with Gasteiger partial charge in [-0.15, -0.1) is 0 Å². The summed E-state index contributed by atoms with van der Waals surface area (Å²) in [6.07, 6.45) is 4.65. The van der Waals surface area contributed by atoms with E-state index in [2.05, 4.69) is 22.4 Å². The van der Waals surface area contributed by atoms with Crippen LogP contribution in [0.15, 0.2) is 62.6 Å². The Balaban J connectivity index is 1.48. The van der Waals surface area contributed by atoms with Gasteiger partial charge in [0.05, 0.1) is 18.7 Å². The van der Waals surface area contributed by atoms with Crippen molar-refractivity contribution in [1.29, 1.82) is 0 Å². The van der Waals surface area contributed by atoms with Gasteiger partial charge in [-0.05, 0) is 41.9 Å². The normalized spacial score (nSPS) is 13.1. The molecule has 0 saturated heterocycles. The van der Waals surface area contributed by atoms with Crippen molar-refractivity contribution in [1.82, 2.24) is 25.0 Å². The highest BCUT2D eigenvalue weighted by Gasteiger charge is 2.26. The van der Waals surface area contributed by atoms with E-state index in [1.807, 2.05) is 62.4 Å². The Hall–Kier alpha value is -4.27. The molecule has 0 spiro atoms. The summed E-state index contributed by atoms with van der Waals surface area (Å²) in [4.78, 5) is 45.7. The molecule has 1 amide bonds. The van der Waals surface area contributed by atoms with Gasteiger partial charge in [0, 0.05) is 23.6 Å². The first-order valence-electron chi connectivity index (χ1n) is 14.0. The third-order valence-corrected chi connectivity index (χ3v) is 7.18. The number of nitrogens with one attached hydrogen (secondary N) is 2. The lowest BCUT2D eigenvalue weighted by Crippen LogP contribution is -2.35. The van der Waals surface area contributed by atoms with E-state index >= 15 is 0 Å². The molecule has 2 aromatic carbocycles. The smallest absolute Gasteiger partial charge is 0.353 e. The van der Waals surface area contributed by atoms with E-state index < -0.39 is 5.76 Å². The highest BCUT2D eigenvalue weighted by atomic mass is 16.5. The number of H-pyrrole nitrogens is 1. The molecule has 0 aliphatic heterocycles. The summed E-state index contributed by atoms with van der Waals surface area (Å²) in [6, 6.07) is 15.8. The van der Waals surface area contributed by atoms with Gasteiger partial charge in [0.2, 0.25) is 5.91 Å². The van der Waals surface area contributed by atoms with Crippen molar-refractivity contribution >= 4 is 5.91 Å². The zero-order valence-electron chi connectivity index (χ0n) is 23.2. The first-order valence-corrected chi connectivity index (χ1v) is 14.0. The molecular weight excluding hydrogens is 506 g/mol. The van der Waals surface area contributed by atoms with Gasteiger partial charge in [-0.25, -0.2) is 9.78 Å². The summed E-state index contributed by atoms with van der Waals surface area (Å²) in [7, 11) is 0. The number of hydrogen-bond donors (Lipinski definition) is 2. The number of benzene rings is 2. The first kappa shape index (κ1) is 27.3. The SMILES string of the molecule is CCCCc1nc(C(C)C)c(CC(=O)NC2CC2)c(=O)n1Cc1ccc(-c2ccccc2-c2noc(=O)[nH]2)cc1. The predicted molar refractivity (Wildman–Crippen MR) is 153 cm³/mol. The molecular formula is C31H35N5O4. The number of carbonyl (C=O) groups is 1. The van der Waals surface area contributed by atoms with Crippen LogP contribution in [0.1, 0.15) is 75.0 Å². The maximum Gasteiger partial charge on any atom is 0.439 e. The van der Waals surface area contributed by atoms with Crippen molar-refractivity contribution in [2.75, 3.05) is 0 Å². The largest absolute Gasteiger partial charge is 0.439 e. The van der Waals surface area contributed by atoms with Gasteiger partial charge in [0.15, 0.2) is 5.82 Å². The molecule has 0 atom stereocenters. The molecule has 1 aliphatic carbocycles. The third-order valence-electron chi connectivity index (χ3n) is 7.18. The standard InChI is InChI=1S/C31H35N5O4/c1-4-5-10-26-33-28(19(2)3)25(17-27(37)32-22-15-16-22)30(38)36(26)18-20-11-13-21(14-12-20)23-8-6-7-9-24(23)29-34-31(39)40-35-29/h6-9,11-14,19,22H,4-5,10,15-18H2,1-3H3,(H,32,37)(H,34,35,39). The first-order chi connectivity index (χ1) is 19.3. The Morgan fingerprint density at radius 1 is 1.10 bits per heavy atom. The van der Waals surface area contributed by atoms with Crippen molar-refractivity contribution in [3.63, 3.8) is 0 Å². The zero-order valence-corrected chi connectivity index (χ0v) is 23.2. The lowest BCUT2D eigenvalue weighted by molar-refractivity contribution is -0.120. The van der Waals surface area contributed by atoms with Crippen LogP contribution in [-0.4, -0.2) is 31.6 Å². The molecule has 5 rings (SSSR count). The maximum atomic E-state index is 13.9. The zero-order chi connectivity index (χ0) is 28.2. The minimum absolute atomic E-state index is 0.0328. The number of rotatable bonds is 11. The van der Waals surface area contributed by atoms with E-state index in [1.165, 1.54) is 0 Å². The van der Waals surface area contributed by atoms with Gasteiger partial charge in [0.1, 0.15) is 5.82 Å². The highest BCUT2D eigenvalue weighted by Crippen LogP contribution is 2.30. The molecule has 0 bridgehead atoms. The van der Waals surface area contributed by atoms with E-state index in [4.69, 9.17) is 9.51 Å². The Morgan fingerprint density at radius 3 is 2.45 bits per heavy atom. The average Bonchev–Trinajstić information content (AvgIpc) is 3.66. The average molecular weight is 542 g/mol. The summed E-state index contributed by atoms with van der Waals surface area (Å²) in [6.45, 7) is 6.51. The van der Waals surface area contributed by atoms with Crippen LogP contribution in [0, 0.1) is 0 Å². The number of unbranched alkanes of at least 4 members (excludes halogenated alkanes) is 1. The van der Waals surface area contributed by atoms with Crippen molar-refractivity contribution in [3.8, 4) is 22.5 Å². The molecule has 1 fully saturated rings. The summed E-state index contributed by atoms with van der Waals surface area (Å²) in [5.74, 6) is 0.432. The van der Waals surface area contributed by atoms with Crippen LogP contribution in [0.4, 0.5) is 0 Å². The number of amides is 1. The van der Waals surface area contributed by atoms with E-state index in [1.54, 1.807) is 4.57 Å². The van der Waals surface area contributed by atoms with Crippen LogP contribution in [0.3, 0.4) is 0 Å². The second-order valence-corrected chi connectivity index (χ2v) is 10.7. The molecule has 0 unspecified atom stereocenters. The van der Waals surface area contributed by atoms with Gasteiger partial charge in [-0.1, -0.05) is 80.9 Å². The monoisotopic (exact) mass is 541 g/mol. The quantitative estimate of drug-likeness (QED) is 0.286. The van der Waals surface area contributed by atoms with Crippen LogP contribution in [0.25, 0.3) is 22.5 Å². The molecule has 0 radical (unpaired) electrons. The van der Waals surface area contributed by atoms with Crippen molar-refractivity contribution in [3.05, 3.63) is 92.1 Å². The van der Waals surface area contributed by atoms with Crippen molar-refractivity contribution in [2.45, 2.75) is 77.8 Å². The number of carbonyl (C=O) groups excluding carboxylic acids is 1. The fourth-order valence-corrected chi connectivity index (χ4v) is 4.92. The Labute approximate surface area is 232 Å². The second-order valence-electron chi connectivity index (χ2n) is 10.7. The van der Waals surface area contributed by atoms with E-state index in [-0.39, 0.29) is 29.8 Å². The van der Waals surface area contributed by atoms with E-state index in [9.17, 15) is 14.4 Å². The molecule has 4 aromatic rings.